The third-order valence-electron chi connectivity index (χ3n) is 2.61. The maximum Gasteiger partial charge on any atom is 0.196 e. The molecule has 0 fully saturated rings. The molecule has 2 rings (SSSR count). The third-order valence-corrected chi connectivity index (χ3v) is 3.46. The highest BCUT2D eigenvalue weighted by atomic mass is 79.9. The van der Waals surface area contributed by atoms with Crippen LogP contribution < -0.4 is 0 Å². The van der Waals surface area contributed by atoms with Crippen molar-refractivity contribution in [2.24, 2.45) is 0 Å². The number of aryl methyl sites for hydroxylation is 1. The van der Waals surface area contributed by atoms with Crippen LogP contribution in [0.1, 0.15) is 21.5 Å². The summed E-state index contributed by atoms with van der Waals surface area (Å²) in [7, 11) is 0. The predicted octanol–water partition coefficient (Wildman–Crippen LogP) is 4.27. The number of benzene rings is 2. The predicted molar refractivity (Wildman–Crippen MR) is 68.7 cm³/mol. The minimum atomic E-state index is -0.724. The molecule has 0 unspecified atom stereocenters. The van der Waals surface area contributed by atoms with Crippen molar-refractivity contribution < 1.29 is 13.6 Å². The Morgan fingerprint density at radius 3 is 2.50 bits per heavy atom. The van der Waals surface area contributed by atoms with Crippen molar-refractivity contribution in [3.8, 4) is 0 Å². The average molecular weight is 311 g/mol. The first-order chi connectivity index (χ1) is 8.49. The SMILES string of the molecule is Cc1ccc(C(=O)c2cc(F)ccc2F)cc1Br. The van der Waals surface area contributed by atoms with Crippen molar-refractivity contribution in [2.75, 3.05) is 0 Å². The van der Waals surface area contributed by atoms with Crippen molar-refractivity contribution in [1.29, 1.82) is 0 Å². The summed E-state index contributed by atoms with van der Waals surface area (Å²) in [5, 5.41) is 0. The Hall–Kier alpha value is -1.55. The summed E-state index contributed by atoms with van der Waals surface area (Å²) in [4.78, 5) is 12.1. The van der Waals surface area contributed by atoms with Crippen LogP contribution in [0.4, 0.5) is 8.78 Å². The first kappa shape index (κ1) is 12.9. The zero-order valence-electron chi connectivity index (χ0n) is 9.51. The average Bonchev–Trinajstić information content (AvgIpc) is 2.35. The fourth-order valence-corrected chi connectivity index (χ4v) is 1.94. The van der Waals surface area contributed by atoms with Gasteiger partial charge in [0.1, 0.15) is 11.6 Å². The van der Waals surface area contributed by atoms with E-state index in [4.69, 9.17) is 0 Å². The van der Waals surface area contributed by atoms with Crippen LogP contribution in [0.2, 0.25) is 0 Å². The smallest absolute Gasteiger partial charge is 0.196 e. The molecule has 0 saturated heterocycles. The van der Waals surface area contributed by atoms with Gasteiger partial charge in [0.25, 0.3) is 0 Å². The molecule has 0 heterocycles. The zero-order chi connectivity index (χ0) is 13.3. The Kier molecular flexibility index (Phi) is 3.57. The minimum Gasteiger partial charge on any atom is -0.288 e. The summed E-state index contributed by atoms with van der Waals surface area (Å²) in [5.41, 5.74) is 1.02. The van der Waals surface area contributed by atoms with Crippen molar-refractivity contribution in [2.45, 2.75) is 6.92 Å². The number of carbonyl (C=O) groups excluding carboxylic acids is 1. The molecule has 0 atom stereocenters. The van der Waals surface area contributed by atoms with Gasteiger partial charge in [-0.3, -0.25) is 4.79 Å². The van der Waals surface area contributed by atoms with Crippen LogP contribution in [-0.4, -0.2) is 5.78 Å². The van der Waals surface area contributed by atoms with Gasteiger partial charge >= 0.3 is 0 Å². The Morgan fingerprint density at radius 1 is 1.11 bits per heavy atom. The standard InChI is InChI=1S/C14H9BrF2O/c1-8-2-3-9(6-12(8)15)14(18)11-7-10(16)4-5-13(11)17/h2-7H,1H3. The van der Waals surface area contributed by atoms with E-state index < -0.39 is 17.4 Å². The minimum absolute atomic E-state index is 0.259. The topological polar surface area (TPSA) is 17.1 Å². The van der Waals surface area contributed by atoms with Crippen LogP contribution in [0.25, 0.3) is 0 Å². The number of rotatable bonds is 2. The van der Waals surface area contributed by atoms with Gasteiger partial charge in [0.05, 0.1) is 5.56 Å². The molecule has 0 aliphatic heterocycles. The molecular weight excluding hydrogens is 302 g/mol. The van der Waals surface area contributed by atoms with E-state index in [2.05, 4.69) is 15.9 Å². The van der Waals surface area contributed by atoms with Gasteiger partial charge in [-0.25, -0.2) is 8.78 Å². The second kappa shape index (κ2) is 4.98. The number of halogens is 3. The van der Waals surface area contributed by atoms with Gasteiger partial charge in [-0.15, -0.1) is 0 Å². The van der Waals surface area contributed by atoms with Crippen molar-refractivity contribution in [1.82, 2.24) is 0 Å². The van der Waals surface area contributed by atoms with Gasteiger partial charge in [0.2, 0.25) is 0 Å². The van der Waals surface area contributed by atoms with Gasteiger partial charge in [-0.2, -0.15) is 0 Å². The highest BCUT2D eigenvalue weighted by molar-refractivity contribution is 9.10. The molecule has 2 aromatic rings. The Morgan fingerprint density at radius 2 is 1.83 bits per heavy atom. The molecule has 0 saturated carbocycles. The normalized spacial score (nSPS) is 10.4. The van der Waals surface area contributed by atoms with Gasteiger partial charge in [-0.1, -0.05) is 28.1 Å². The molecule has 0 bridgehead atoms. The van der Waals surface area contributed by atoms with Gasteiger partial charge in [-0.05, 0) is 36.8 Å². The Balaban J connectivity index is 2.47. The molecule has 0 aliphatic carbocycles. The summed E-state index contributed by atoms with van der Waals surface area (Å²) in [6, 6.07) is 7.78. The fraction of sp³-hybridized carbons (Fsp3) is 0.0714. The van der Waals surface area contributed by atoms with Gasteiger partial charge in [0.15, 0.2) is 5.78 Å². The summed E-state index contributed by atoms with van der Waals surface area (Å²) in [6.07, 6.45) is 0. The summed E-state index contributed by atoms with van der Waals surface area (Å²) >= 11 is 3.30. The Bertz CT molecular complexity index is 623. The molecule has 4 heteroatoms. The highest BCUT2D eigenvalue weighted by Gasteiger charge is 2.15. The maximum absolute atomic E-state index is 13.5. The lowest BCUT2D eigenvalue weighted by Gasteiger charge is -2.05. The van der Waals surface area contributed by atoms with Crippen LogP contribution in [0.3, 0.4) is 0 Å². The molecular formula is C14H9BrF2O. The van der Waals surface area contributed by atoms with E-state index in [1.165, 1.54) is 0 Å². The molecule has 0 aliphatic rings. The van der Waals surface area contributed by atoms with Crippen molar-refractivity contribution in [3.05, 3.63) is 69.2 Å². The quantitative estimate of drug-likeness (QED) is 0.757. The Labute approximate surface area is 112 Å². The van der Waals surface area contributed by atoms with Crippen LogP contribution in [0.15, 0.2) is 40.9 Å². The van der Waals surface area contributed by atoms with Crippen molar-refractivity contribution in [3.63, 3.8) is 0 Å². The lowest BCUT2D eigenvalue weighted by Crippen LogP contribution is -2.05. The van der Waals surface area contributed by atoms with Gasteiger partial charge in [0, 0.05) is 10.0 Å². The van der Waals surface area contributed by atoms with E-state index in [1.54, 1.807) is 18.2 Å². The molecule has 0 spiro atoms. The van der Waals surface area contributed by atoms with E-state index in [0.29, 0.717) is 5.56 Å². The zero-order valence-corrected chi connectivity index (χ0v) is 11.1. The fourth-order valence-electron chi connectivity index (χ4n) is 1.56. The first-order valence-corrected chi connectivity index (χ1v) is 6.04. The second-order valence-corrected chi connectivity index (χ2v) is 4.77. The molecule has 0 radical (unpaired) electrons. The van der Waals surface area contributed by atoms with Crippen LogP contribution in [-0.2, 0) is 0 Å². The lowest BCUT2D eigenvalue weighted by molar-refractivity contribution is 0.103. The number of ketones is 1. The molecule has 0 amide bonds. The summed E-state index contributed by atoms with van der Waals surface area (Å²) in [6.45, 7) is 1.88. The van der Waals surface area contributed by atoms with Crippen LogP contribution in [0.5, 0.6) is 0 Å². The largest absolute Gasteiger partial charge is 0.288 e. The lowest BCUT2D eigenvalue weighted by atomic mass is 10.0. The molecule has 2 aromatic carbocycles. The molecule has 92 valence electrons. The highest BCUT2D eigenvalue weighted by Crippen LogP contribution is 2.21. The third kappa shape index (κ3) is 2.48. The molecule has 0 aromatic heterocycles. The number of hydrogen-bond donors (Lipinski definition) is 0. The monoisotopic (exact) mass is 310 g/mol. The summed E-state index contributed by atoms with van der Waals surface area (Å²) < 4.78 is 27.3. The van der Waals surface area contributed by atoms with E-state index in [1.807, 2.05) is 6.92 Å². The number of carbonyl (C=O) groups is 1. The first-order valence-electron chi connectivity index (χ1n) is 5.25. The van der Waals surface area contributed by atoms with Crippen LogP contribution >= 0.6 is 15.9 Å². The van der Waals surface area contributed by atoms with E-state index >= 15 is 0 Å². The van der Waals surface area contributed by atoms with Crippen LogP contribution in [0, 0.1) is 18.6 Å². The van der Waals surface area contributed by atoms with E-state index in [0.717, 1.165) is 28.2 Å². The van der Waals surface area contributed by atoms with E-state index in [-0.39, 0.29) is 5.56 Å². The maximum atomic E-state index is 13.5. The molecule has 18 heavy (non-hydrogen) atoms. The number of hydrogen-bond acceptors (Lipinski definition) is 1. The second-order valence-electron chi connectivity index (χ2n) is 3.92. The summed E-state index contributed by atoms with van der Waals surface area (Å²) in [5.74, 6) is -1.89. The van der Waals surface area contributed by atoms with E-state index in [9.17, 15) is 13.6 Å². The van der Waals surface area contributed by atoms with Crippen molar-refractivity contribution >= 4 is 21.7 Å². The molecule has 0 N–H and O–H groups in total. The molecule has 1 nitrogen and oxygen atoms in total. The van der Waals surface area contributed by atoms with Gasteiger partial charge < -0.3 is 0 Å².